The number of anilines is 1. The minimum absolute atomic E-state index is 0.169. The molecule has 2 heterocycles. The van der Waals surface area contributed by atoms with Gasteiger partial charge in [-0.1, -0.05) is 18.2 Å². The molecule has 1 aliphatic rings. The van der Waals surface area contributed by atoms with Crippen LogP contribution in [0.5, 0.6) is 0 Å². The van der Waals surface area contributed by atoms with Gasteiger partial charge in [0, 0.05) is 24.2 Å². The van der Waals surface area contributed by atoms with Crippen LogP contribution < -0.4 is 4.90 Å². The summed E-state index contributed by atoms with van der Waals surface area (Å²) in [6, 6.07) is 13.5. The summed E-state index contributed by atoms with van der Waals surface area (Å²) in [4.78, 5) is 6.96. The summed E-state index contributed by atoms with van der Waals surface area (Å²) in [6.45, 7) is 5.19. The summed E-state index contributed by atoms with van der Waals surface area (Å²) in [5, 5.41) is 0. The molecular weight excluding hydrogens is 251 g/mol. The highest BCUT2D eigenvalue weighted by Crippen LogP contribution is 2.34. The van der Waals surface area contributed by atoms with Gasteiger partial charge in [-0.3, -0.25) is 0 Å². The van der Waals surface area contributed by atoms with Crippen molar-refractivity contribution in [1.29, 1.82) is 0 Å². The lowest BCUT2D eigenvalue weighted by Gasteiger charge is -2.22. The lowest BCUT2D eigenvalue weighted by molar-refractivity contribution is 0.625. The molecule has 0 amide bonds. The van der Waals surface area contributed by atoms with E-state index < -0.39 is 0 Å². The molecule has 0 aliphatic carbocycles. The Hall–Kier alpha value is -1.90. The van der Waals surface area contributed by atoms with Crippen LogP contribution in [0.1, 0.15) is 30.5 Å². The van der Waals surface area contributed by atoms with Crippen LogP contribution in [0.4, 0.5) is 10.2 Å². The monoisotopic (exact) mass is 270 g/mol. The summed E-state index contributed by atoms with van der Waals surface area (Å²) in [5.41, 5.74) is 2.26. The fourth-order valence-corrected chi connectivity index (χ4v) is 3.02. The minimum Gasteiger partial charge on any atom is -0.353 e. The van der Waals surface area contributed by atoms with Crippen molar-refractivity contribution in [3.63, 3.8) is 0 Å². The Kier molecular flexibility index (Phi) is 3.43. The molecular formula is C17H19FN2. The molecule has 0 N–H and O–H groups in total. The van der Waals surface area contributed by atoms with Crippen molar-refractivity contribution >= 4 is 5.82 Å². The second kappa shape index (κ2) is 5.23. The molecule has 2 unspecified atom stereocenters. The highest BCUT2D eigenvalue weighted by molar-refractivity contribution is 5.43. The summed E-state index contributed by atoms with van der Waals surface area (Å²) in [6.07, 6.45) is 1.08. The molecule has 2 atom stereocenters. The normalized spacial score (nSPS) is 22.2. The molecule has 0 bridgehead atoms. The number of aryl methyl sites for hydroxylation is 1. The van der Waals surface area contributed by atoms with E-state index in [9.17, 15) is 4.39 Å². The van der Waals surface area contributed by atoms with Crippen LogP contribution >= 0.6 is 0 Å². The van der Waals surface area contributed by atoms with E-state index in [1.165, 1.54) is 5.56 Å². The average molecular weight is 270 g/mol. The molecule has 1 aromatic carbocycles. The highest BCUT2D eigenvalue weighted by atomic mass is 19.1. The van der Waals surface area contributed by atoms with Crippen molar-refractivity contribution in [2.45, 2.75) is 32.2 Å². The van der Waals surface area contributed by atoms with E-state index in [-0.39, 0.29) is 5.82 Å². The first kappa shape index (κ1) is 13.1. The first-order chi connectivity index (χ1) is 9.63. The van der Waals surface area contributed by atoms with E-state index in [0.29, 0.717) is 12.0 Å². The molecule has 20 heavy (non-hydrogen) atoms. The molecule has 2 aromatic rings. The lowest BCUT2D eigenvalue weighted by Crippen LogP contribution is -2.27. The number of hydrogen-bond donors (Lipinski definition) is 0. The molecule has 2 nitrogen and oxygen atoms in total. The second-order valence-electron chi connectivity index (χ2n) is 5.62. The Morgan fingerprint density at radius 3 is 2.60 bits per heavy atom. The van der Waals surface area contributed by atoms with Gasteiger partial charge < -0.3 is 4.90 Å². The van der Waals surface area contributed by atoms with Gasteiger partial charge in [0.1, 0.15) is 11.6 Å². The quantitative estimate of drug-likeness (QED) is 0.822. The molecule has 0 spiro atoms. The van der Waals surface area contributed by atoms with Crippen molar-refractivity contribution in [2.75, 3.05) is 11.4 Å². The smallest absolute Gasteiger partial charge is 0.129 e. The van der Waals surface area contributed by atoms with Gasteiger partial charge in [0.2, 0.25) is 0 Å². The SMILES string of the molecule is Cc1cccc(N2CC(c3ccc(F)cc3)CC2C)n1. The van der Waals surface area contributed by atoms with E-state index in [1.54, 1.807) is 12.1 Å². The maximum absolute atomic E-state index is 13.0. The molecule has 1 fully saturated rings. The standard InChI is InChI=1S/C17H19FN2/c1-12-4-3-5-17(19-12)20-11-15(10-13(20)2)14-6-8-16(18)9-7-14/h3-9,13,15H,10-11H2,1-2H3. The van der Waals surface area contributed by atoms with Gasteiger partial charge in [-0.25, -0.2) is 9.37 Å². The number of nitrogens with zero attached hydrogens (tertiary/aromatic N) is 2. The van der Waals surface area contributed by atoms with Crippen molar-refractivity contribution in [2.24, 2.45) is 0 Å². The number of pyridine rings is 1. The molecule has 3 rings (SSSR count). The number of aromatic nitrogens is 1. The van der Waals surface area contributed by atoms with E-state index >= 15 is 0 Å². The zero-order valence-corrected chi connectivity index (χ0v) is 11.9. The van der Waals surface area contributed by atoms with E-state index in [1.807, 2.05) is 25.1 Å². The van der Waals surface area contributed by atoms with Gasteiger partial charge in [0.05, 0.1) is 0 Å². The molecule has 3 heteroatoms. The van der Waals surface area contributed by atoms with Gasteiger partial charge in [-0.15, -0.1) is 0 Å². The van der Waals surface area contributed by atoms with Crippen molar-refractivity contribution in [3.8, 4) is 0 Å². The maximum atomic E-state index is 13.0. The molecule has 0 radical (unpaired) electrons. The van der Waals surface area contributed by atoms with Crippen LogP contribution in [0.2, 0.25) is 0 Å². The predicted octanol–water partition coefficient (Wildman–Crippen LogP) is 3.91. The lowest BCUT2D eigenvalue weighted by atomic mass is 9.97. The van der Waals surface area contributed by atoms with Gasteiger partial charge in [-0.05, 0) is 50.1 Å². The zero-order chi connectivity index (χ0) is 14.1. The molecule has 0 saturated carbocycles. The molecule has 1 saturated heterocycles. The predicted molar refractivity (Wildman–Crippen MR) is 79.5 cm³/mol. The first-order valence-corrected chi connectivity index (χ1v) is 7.09. The van der Waals surface area contributed by atoms with E-state index in [0.717, 1.165) is 24.5 Å². The van der Waals surface area contributed by atoms with Gasteiger partial charge in [-0.2, -0.15) is 0 Å². The third-order valence-corrected chi connectivity index (χ3v) is 4.08. The van der Waals surface area contributed by atoms with Gasteiger partial charge in [0.15, 0.2) is 0 Å². The third kappa shape index (κ3) is 2.53. The van der Waals surface area contributed by atoms with Crippen molar-refractivity contribution in [1.82, 2.24) is 4.98 Å². The summed E-state index contributed by atoms with van der Waals surface area (Å²) < 4.78 is 13.0. The number of halogens is 1. The molecule has 1 aromatic heterocycles. The number of benzene rings is 1. The van der Waals surface area contributed by atoms with E-state index in [4.69, 9.17) is 0 Å². The highest BCUT2D eigenvalue weighted by Gasteiger charge is 2.30. The minimum atomic E-state index is -0.169. The summed E-state index contributed by atoms with van der Waals surface area (Å²) in [5.74, 6) is 1.33. The van der Waals surface area contributed by atoms with Gasteiger partial charge in [0.25, 0.3) is 0 Å². The average Bonchev–Trinajstić information content (AvgIpc) is 2.82. The number of hydrogen-bond acceptors (Lipinski definition) is 2. The third-order valence-electron chi connectivity index (χ3n) is 4.08. The molecule has 104 valence electrons. The van der Waals surface area contributed by atoms with Crippen LogP contribution in [0.15, 0.2) is 42.5 Å². The second-order valence-corrected chi connectivity index (χ2v) is 5.62. The number of rotatable bonds is 2. The van der Waals surface area contributed by atoms with Crippen molar-refractivity contribution < 1.29 is 4.39 Å². The maximum Gasteiger partial charge on any atom is 0.129 e. The fourth-order valence-electron chi connectivity index (χ4n) is 3.02. The van der Waals surface area contributed by atoms with Crippen molar-refractivity contribution in [3.05, 3.63) is 59.5 Å². The topological polar surface area (TPSA) is 16.1 Å². The Morgan fingerprint density at radius 1 is 1.15 bits per heavy atom. The van der Waals surface area contributed by atoms with Crippen LogP contribution in [0, 0.1) is 12.7 Å². The molecule has 1 aliphatic heterocycles. The summed E-state index contributed by atoms with van der Waals surface area (Å²) >= 11 is 0. The summed E-state index contributed by atoms with van der Waals surface area (Å²) in [7, 11) is 0. The zero-order valence-electron chi connectivity index (χ0n) is 11.9. The Morgan fingerprint density at radius 2 is 1.90 bits per heavy atom. The first-order valence-electron chi connectivity index (χ1n) is 7.09. The van der Waals surface area contributed by atoms with Crippen LogP contribution in [0.25, 0.3) is 0 Å². The Balaban J connectivity index is 1.81. The van der Waals surface area contributed by atoms with Crippen LogP contribution in [-0.4, -0.2) is 17.6 Å². The Bertz CT molecular complexity index is 594. The Labute approximate surface area is 119 Å². The van der Waals surface area contributed by atoms with Crippen LogP contribution in [-0.2, 0) is 0 Å². The van der Waals surface area contributed by atoms with Gasteiger partial charge >= 0.3 is 0 Å². The largest absolute Gasteiger partial charge is 0.353 e. The fraction of sp³-hybridized carbons (Fsp3) is 0.353. The van der Waals surface area contributed by atoms with E-state index in [2.05, 4.69) is 28.9 Å². The van der Waals surface area contributed by atoms with Crippen LogP contribution in [0.3, 0.4) is 0 Å².